The van der Waals surface area contributed by atoms with E-state index in [1.54, 1.807) is 6.92 Å². The average molecular weight is 252 g/mol. The van der Waals surface area contributed by atoms with Crippen molar-refractivity contribution >= 4 is 11.8 Å². The first-order valence-electron chi connectivity index (χ1n) is 5.87. The molecule has 0 aliphatic carbocycles. The Labute approximate surface area is 105 Å². The zero-order chi connectivity index (χ0) is 13.3. The second-order valence-electron chi connectivity index (χ2n) is 4.56. The summed E-state index contributed by atoms with van der Waals surface area (Å²) in [6.45, 7) is 5.65. The summed E-state index contributed by atoms with van der Waals surface area (Å²) in [5.41, 5.74) is 0. The van der Waals surface area contributed by atoms with E-state index in [0.29, 0.717) is 18.3 Å². The quantitative estimate of drug-likeness (QED) is 0.759. The van der Waals surface area contributed by atoms with Gasteiger partial charge >= 0.3 is 0 Å². The summed E-state index contributed by atoms with van der Waals surface area (Å²) in [7, 11) is 0. The third-order valence-corrected chi connectivity index (χ3v) is 2.78. The van der Waals surface area contributed by atoms with Crippen LogP contribution in [0.3, 0.4) is 0 Å². The second kappa shape index (κ2) is 4.85. The number of hydrogen-bond donors (Lipinski definition) is 1. The van der Waals surface area contributed by atoms with Crippen molar-refractivity contribution in [3.8, 4) is 0 Å². The van der Waals surface area contributed by atoms with E-state index in [9.17, 15) is 9.59 Å². The lowest BCUT2D eigenvalue weighted by Gasteiger charge is -2.18. The topological polar surface area (TPSA) is 88.3 Å². The van der Waals surface area contributed by atoms with E-state index >= 15 is 0 Å². The molecule has 1 fully saturated rings. The van der Waals surface area contributed by atoms with Crippen LogP contribution in [0.1, 0.15) is 32.0 Å². The molecule has 0 radical (unpaired) electrons. The van der Waals surface area contributed by atoms with Gasteiger partial charge in [0.15, 0.2) is 5.82 Å². The van der Waals surface area contributed by atoms with Gasteiger partial charge in [-0.3, -0.25) is 19.8 Å². The maximum absolute atomic E-state index is 12.0. The Bertz CT molecular complexity index is 469. The minimum Gasteiger partial charge on any atom is -0.340 e. The van der Waals surface area contributed by atoms with E-state index in [0.717, 1.165) is 0 Å². The van der Waals surface area contributed by atoms with Crippen LogP contribution in [-0.4, -0.2) is 38.9 Å². The molecule has 0 spiro atoms. The van der Waals surface area contributed by atoms with E-state index in [2.05, 4.69) is 15.5 Å². The Morgan fingerprint density at radius 2 is 2.22 bits per heavy atom. The maximum Gasteiger partial charge on any atom is 0.247 e. The van der Waals surface area contributed by atoms with Gasteiger partial charge in [0.2, 0.25) is 17.7 Å². The number of carbonyl (C=O) groups is 2. The van der Waals surface area contributed by atoms with Crippen LogP contribution < -0.4 is 5.32 Å². The molecular formula is C11H16N4O3. The SMILES string of the molecule is Cc1nc(CNC2CC(=O)N(C(C)C)C2=O)no1. The van der Waals surface area contributed by atoms with Gasteiger partial charge in [0.25, 0.3) is 0 Å². The van der Waals surface area contributed by atoms with Crippen molar-refractivity contribution < 1.29 is 14.1 Å². The Kier molecular flexibility index (Phi) is 3.42. The fourth-order valence-corrected chi connectivity index (χ4v) is 1.98. The molecule has 7 heteroatoms. The van der Waals surface area contributed by atoms with E-state index < -0.39 is 6.04 Å². The maximum atomic E-state index is 12.0. The van der Waals surface area contributed by atoms with Crippen LogP contribution in [0.4, 0.5) is 0 Å². The zero-order valence-electron chi connectivity index (χ0n) is 10.6. The number of imide groups is 1. The number of aromatic nitrogens is 2. The summed E-state index contributed by atoms with van der Waals surface area (Å²) in [5, 5.41) is 6.70. The number of amides is 2. The first-order chi connectivity index (χ1) is 8.49. The Hall–Kier alpha value is -1.76. The van der Waals surface area contributed by atoms with Crippen molar-refractivity contribution in [1.82, 2.24) is 20.4 Å². The number of hydrogen-bond acceptors (Lipinski definition) is 6. The number of likely N-dealkylation sites (tertiary alicyclic amines) is 1. The molecule has 0 bridgehead atoms. The Morgan fingerprint density at radius 3 is 2.72 bits per heavy atom. The van der Waals surface area contributed by atoms with E-state index in [4.69, 9.17) is 4.52 Å². The summed E-state index contributed by atoms with van der Waals surface area (Å²) in [4.78, 5) is 28.9. The van der Waals surface area contributed by atoms with E-state index in [1.807, 2.05) is 13.8 Å². The molecule has 18 heavy (non-hydrogen) atoms. The predicted octanol–water partition coefficient (Wildman–Crippen LogP) is 0.00352. The smallest absolute Gasteiger partial charge is 0.247 e. The summed E-state index contributed by atoms with van der Waals surface area (Å²) in [5.74, 6) is 0.632. The standard InChI is InChI=1S/C11H16N4O3/c1-6(2)15-10(16)4-8(11(15)17)12-5-9-13-7(3)18-14-9/h6,8,12H,4-5H2,1-3H3. The highest BCUT2D eigenvalue weighted by molar-refractivity contribution is 6.05. The molecule has 1 unspecified atom stereocenters. The highest BCUT2D eigenvalue weighted by Gasteiger charge is 2.39. The van der Waals surface area contributed by atoms with Gasteiger partial charge in [-0.15, -0.1) is 0 Å². The number of nitrogens with one attached hydrogen (secondary N) is 1. The third-order valence-electron chi connectivity index (χ3n) is 2.78. The van der Waals surface area contributed by atoms with Gasteiger partial charge in [0, 0.05) is 13.0 Å². The summed E-state index contributed by atoms with van der Waals surface area (Å²) in [6.07, 6.45) is 0.188. The molecule has 98 valence electrons. The minimum atomic E-state index is -0.487. The van der Waals surface area contributed by atoms with Crippen LogP contribution in [0.15, 0.2) is 4.52 Å². The van der Waals surface area contributed by atoms with Crippen molar-refractivity contribution in [2.45, 2.75) is 45.8 Å². The molecule has 1 aromatic heterocycles. The molecule has 1 atom stereocenters. The number of nitrogens with zero attached hydrogens (tertiary/aromatic N) is 3. The van der Waals surface area contributed by atoms with Gasteiger partial charge in [0.05, 0.1) is 19.0 Å². The van der Waals surface area contributed by atoms with Crippen LogP contribution in [-0.2, 0) is 16.1 Å². The molecule has 1 saturated heterocycles. The first kappa shape index (κ1) is 12.7. The van der Waals surface area contributed by atoms with Crippen LogP contribution in [0.2, 0.25) is 0 Å². The van der Waals surface area contributed by atoms with Gasteiger partial charge in [0.1, 0.15) is 0 Å². The van der Waals surface area contributed by atoms with Gasteiger partial charge in [-0.2, -0.15) is 4.98 Å². The Balaban J connectivity index is 1.95. The van der Waals surface area contributed by atoms with Gasteiger partial charge in [-0.1, -0.05) is 5.16 Å². The second-order valence-corrected chi connectivity index (χ2v) is 4.56. The van der Waals surface area contributed by atoms with Gasteiger partial charge in [-0.25, -0.2) is 0 Å². The van der Waals surface area contributed by atoms with Crippen LogP contribution in [0, 0.1) is 6.92 Å². The van der Waals surface area contributed by atoms with E-state index in [-0.39, 0.29) is 24.3 Å². The average Bonchev–Trinajstić information content (AvgIpc) is 2.80. The predicted molar refractivity (Wildman–Crippen MR) is 61.3 cm³/mol. The number of aryl methyl sites for hydroxylation is 1. The normalized spacial score (nSPS) is 20.2. The van der Waals surface area contributed by atoms with Crippen molar-refractivity contribution in [3.05, 3.63) is 11.7 Å². The highest BCUT2D eigenvalue weighted by atomic mass is 16.5. The van der Waals surface area contributed by atoms with Crippen molar-refractivity contribution in [1.29, 1.82) is 0 Å². The molecule has 1 aliphatic heterocycles. The molecule has 1 aliphatic rings. The lowest BCUT2D eigenvalue weighted by Crippen LogP contribution is -2.41. The minimum absolute atomic E-state index is 0.107. The fraction of sp³-hybridized carbons (Fsp3) is 0.636. The monoisotopic (exact) mass is 252 g/mol. The van der Waals surface area contributed by atoms with Crippen LogP contribution >= 0.6 is 0 Å². The summed E-state index contributed by atoms with van der Waals surface area (Å²) < 4.78 is 4.82. The largest absolute Gasteiger partial charge is 0.340 e. The fourth-order valence-electron chi connectivity index (χ4n) is 1.98. The molecule has 1 N–H and O–H groups in total. The van der Waals surface area contributed by atoms with Crippen molar-refractivity contribution in [2.24, 2.45) is 0 Å². The number of rotatable bonds is 4. The van der Waals surface area contributed by atoms with Crippen molar-refractivity contribution in [2.75, 3.05) is 0 Å². The molecule has 7 nitrogen and oxygen atoms in total. The lowest BCUT2D eigenvalue weighted by molar-refractivity contribution is -0.140. The molecular weight excluding hydrogens is 236 g/mol. The van der Waals surface area contributed by atoms with E-state index in [1.165, 1.54) is 4.90 Å². The molecule has 0 saturated carbocycles. The Morgan fingerprint density at radius 1 is 1.50 bits per heavy atom. The molecule has 0 aromatic carbocycles. The third kappa shape index (κ3) is 2.40. The summed E-state index contributed by atoms with van der Waals surface area (Å²) >= 11 is 0. The molecule has 2 heterocycles. The highest BCUT2D eigenvalue weighted by Crippen LogP contribution is 2.16. The van der Waals surface area contributed by atoms with Crippen LogP contribution in [0.25, 0.3) is 0 Å². The molecule has 1 aromatic rings. The summed E-state index contributed by atoms with van der Waals surface area (Å²) in [6, 6.07) is -0.595. The number of carbonyl (C=O) groups excluding carboxylic acids is 2. The van der Waals surface area contributed by atoms with Gasteiger partial charge < -0.3 is 4.52 Å². The molecule has 2 amide bonds. The zero-order valence-corrected chi connectivity index (χ0v) is 10.6. The lowest BCUT2D eigenvalue weighted by atomic mass is 10.2. The first-order valence-corrected chi connectivity index (χ1v) is 5.87. The van der Waals surface area contributed by atoms with Crippen molar-refractivity contribution in [3.63, 3.8) is 0 Å². The van der Waals surface area contributed by atoms with Crippen LogP contribution in [0.5, 0.6) is 0 Å². The van der Waals surface area contributed by atoms with Gasteiger partial charge in [-0.05, 0) is 13.8 Å². The molecule has 2 rings (SSSR count).